The third-order valence-corrected chi connectivity index (χ3v) is 2.59. The van der Waals surface area contributed by atoms with E-state index in [9.17, 15) is 0 Å². The fourth-order valence-corrected chi connectivity index (χ4v) is 1.14. The molecule has 1 heterocycles. The number of hydrogen-bond acceptors (Lipinski definition) is 4. The minimum Gasteiger partial charge on any atom is -0.357 e. The molecule has 1 N–H and O–H groups in total. The van der Waals surface area contributed by atoms with Gasteiger partial charge in [-0.1, -0.05) is 20.8 Å². The highest BCUT2D eigenvalue weighted by Gasteiger charge is 2.19. The number of hydrogen-bond donors (Lipinski definition) is 1. The quantitative estimate of drug-likeness (QED) is 0.763. The second kappa shape index (κ2) is 4.74. The summed E-state index contributed by atoms with van der Waals surface area (Å²) in [5.74, 6) is 0.711. The number of aromatic nitrogens is 2. The molecule has 0 aliphatic heterocycles. The number of nitrogens with zero attached hydrogens (tertiary/aromatic N) is 3. The molecule has 15 heavy (non-hydrogen) atoms. The lowest BCUT2D eigenvalue weighted by Gasteiger charge is -2.21. The van der Waals surface area contributed by atoms with Crippen molar-refractivity contribution in [1.29, 1.82) is 5.26 Å². The summed E-state index contributed by atoms with van der Waals surface area (Å²) >= 11 is 0. The molecule has 0 unspecified atom stereocenters. The summed E-state index contributed by atoms with van der Waals surface area (Å²) in [5, 5.41) is 11.4. The Morgan fingerprint density at radius 1 is 1.47 bits per heavy atom. The summed E-state index contributed by atoms with van der Waals surface area (Å²) in [5.41, 5.74) is 1.05. The van der Waals surface area contributed by atoms with Gasteiger partial charge in [-0.2, -0.15) is 5.26 Å². The maximum atomic E-state index is 8.45. The van der Waals surface area contributed by atoms with Crippen LogP contribution < -0.4 is 5.32 Å². The number of anilines is 1. The van der Waals surface area contributed by atoms with Gasteiger partial charge in [0.05, 0.1) is 11.8 Å². The molecule has 4 nitrogen and oxygen atoms in total. The maximum absolute atomic E-state index is 8.45. The highest BCUT2D eigenvalue weighted by molar-refractivity contribution is 5.37. The van der Waals surface area contributed by atoms with Gasteiger partial charge < -0.3 is 5.32 Å². The molecule has 1 rings (SSSR count). The molecule has 0 bridgehead atoms. The molecule has 0 aliphatic rings. The molecule has 1 aromatic heterocycles. The minimum absolute atomic E-state index is 0.0476. The average Bonchev–Trinajstić information content (AvgIpc) is 2.27. The number of rotatable bonds is 4. The summed E-state index contributed by atoms with van der Waals surface area (Å²) in [6.45, 7) is 6.68. The van der Waals surface area contributed by atoms with Crippen molar-refractivity contribution >= 4 is 5.82 Å². The standard InChI is InChI=1S/C11H16N4/c1-4-11(2,3)9-7-10(13-6-5-12)15-8-14-9/h7-8H,4,6H2,1-3H3,(H,13,14,15). The van der Waals surface area contributed by atoms with E-state index in [-0.39, 0.29) is 12.0 Å². The molecule has 0 spiro atoms. The van der Waals surface area contributed by atoms with Crippen LogP contribution in [0.1, 0.15) is 32.9 Å². The SMILES string of the molecule is CCC(C)(C)c1cc(NCC#N)ncn1. The van der Waals surface area contributed by atoms with Crippen molar-refractivity contribution in [3.05, 3.63) is 18.1 Å². The molecule has 0 atom stereocenters. The van der Waals surface area contributed by atoms with Gasteiger partial charge in [-0.3, -0.25) is 0 Å². The van der Waals surface area contributed by atoms with E-state index in [0.29, 0.717) is 5.82 Å². The van der Waals surface area contributed by atoms with Crippen molar-refractivity contribution in [2.75, 3.05) is 11.9 Å². The van der Waals surface area contributed by atoms with Crippen molar-refractivity contribution in [3.8, 4) is 6.07 Å². The first kappa shape index (κ1) is 11.4. The second-order valence-electron chi connectivity index (χ2n) is 4.04. The predicted octanol–water partition coefficient (Wildman–Crippen LogP) is 2.10. The molecule has 0 saturated carbocycles. The van der Waals surface area contributed by atoms with Crippen LogP contribution in [0.2, 0.25) is 0 Å². The Kier molecular flexibility index (Phi) is 3.62. The highest BCUT2D eigenvalue weighted by atomic mass is 15.0. The van der Waals surface area contributed by atoms with E-state index in [4.69, 9.17) is 5.26 Å². The zero-order valence-corrected chi connectivity index (χ0v) is 9.41. The molecule has 0 aliphatic carbocycles. The van der Waals surface area contributed by atoms with E-state index in [2.05, 4.69) is 36.1 Å². The summed E-state index contributed by atoms with van der Waals surface area (Å²) in [6.07, 6.45) is 2.55. The number of nitrogens with one attached hydrogen (secondary N) is 1. The van der Waals surface area contributed by atoms with E-state index in [1.54, 1.807) is 0 Å². The topological polar surface area (TPSA) is 61.6 Å². The van der Waals surface area contributed by atoms with E-state index < -0.39 is 0 Å². The van der Waals surface area contributed by atoms with Crippen molar-refractivity contribution < 1.29 is 0 Å². The minimum atomic E-state index is 0.0476. The lowest BCUT2D eigenvalue weighted by atomic mass is 9.86. The molecule has 0 fully saturated rings. The molecule has 0 aromatic carbocycles. The van der Waals surface area contributed by atoms with E-state index in [0.717, 1.165) is 12.1 Å². The van der Waals surface area contributed by atoms with Crippen LogP contribution in [-0.4, -0.2) is 16.5 Å². The normalized spacial score (nSPS) is 10.8. The molecule has 0 saturated heterocycles. The Morgan fingerprint density at radius 3 is 2.80 bits per heavy atom. The van der Waals surface area contributed by atoms with Gasteiger partial charge in [-0.05, 0) is 6.42 Å². The van der Waals surface area contributed by atoms with Gasteiger partial charge in [0.15, 0.2) is 0 Å². The summed E-state index contributed by atoms with van der Waals surface area (Å²) in [6, 6.07) is 3.92. The molecular weight excluding hydrogens is 188 g/mol. The third-order valence-electron chi connectivity index (χ3n) is 2.59. The fraction of sp³-hybridized carbons (Fsp3) is 0.545. The van der Waals surface area contributed by atoms with Crippen LogP contribution in [0.3, 0.4) is 0 Å². The highest BCUT2D eigenvalue weighted by Crippen LogP contribution is 2.25. The first-order valence-electron chi connectivity index (χ1n) is 5.03. The average molecular weight is 204 g/mol. The summed E-state index contributed by atoms with van der Waals surface area (Å²) in [4.78, 5) is 8.31. The zero-order valence-electron chi connectivity index (χ0n) is 9.41. The molecule has 80 valence electrons. The largest absolute Gasteiger partial charge is 0.357 e. The van der Waals surface area contributed by atoms with E-state index in [1.807, 2.05) is 12.1 Å². The Morgan fingerprint density at radius 2 is 2.20 bits per heavy atom. The maximum Gasteiger partial charge on any atom is 0.130 e. The Labute approximate surface area is 90.4 Å². The van der Waals surface area contributed by atoms with Gasteiger partial charge in [0, 0.05) is 11.5 Å². The second-order valence-corrected chi connectivity index (χ2v) is 4.04. The van der Waals surface area contributed by atoms with Crippen LogP contribution in [0.15, 0.2) is 12.4 Å². The third kappa shape index (κ3) is 2.91. The van der Waals surface area contributed by atoms with Crippen molar-refractivity contribution in [3.63, 3.8) is 0 Å². The van der Waals surface area contributed by atoms with Gasteiger partial charge >= 0.3 is 0 Å². The fourth-order valence-electron chi connectivity index (χ4n) is 1.14. The van der Waals surface area contributed by atoms with Gasteiger partial charge in [0.1, 0.15) is 18.7 Å². The Bertz CT molecular complexity index is 365. The molecule has 0 radical (unpaired) electrons. The van der Waals surface area contributed by atoms with Crippen LogP contribution in [-0.2, 0) is 5.41 Å². The van der Waals surface area contributed by atoms with Crippen molar-refractivity contribution in [1.82, 2.24) is 9.97 Å². The molecular formula is C11H16N4. The Hall–Kier alpha value is -1.63. The van der Waals surface area contributed by atoms with Crippen molar-refractivity contribution in [2.24, 2.45) is 0 Å². The van der Waals surface area contributed by atoms with Crippen LogP contribution in [0, 0.1) is 11.3 Å². The van der Waals surface area contributed by atoms with Crippen LogP contribution >= 0.6 is 0 Å². The molecule has 0 amide bonds. The van der Waals surface area contributed by atoms with Crippen LogP contribution in [0.5, 0.6) is 0 Å². The number of nitriles is 1. The molecule has 4 heteroatoms. The van der Waals surface area contributed by atoms with Gasteiger partial charge in [-0.15, -0.1) is 0 Å². The lowest BCUT2D eigenvalue weighted by molar-refractivity contribution is 0.489. The van der Waals surface area contributed by atoms with Gasteiger partial charge in [0.25, 0.3) is 0 Å². The zero-order chi connectivity index (χ0) is 11.3. The smallest absolute Gasteiger partial charge is 0.130 e. The van der Waals surface area contributed by atoms with E-state index in [1.165, 1.54) is 6.33 Å². The summed E-state index contributed by atoms with van der Waals surface area (Å²) in [7, 11) is 0. The van der Waals surface area contributed by atoms with Crippen molar-refractivity contribution in [2.45, 2.75) is 32.6 Å². The van der Waals surface area contributed by atoms with Gasteiger partial charge in [0.2, 0.25) is 0 Å². The molecule has 1 aromatic rings. The van der Waals surface area contributed by atoms with Crippen LogP contribution in [0.25, 0.3) is 0 Å². The Balaban J connectivity index is 2.88. The van der Waals surface area contributed by atoms with Gasteiger partial charge in [-0.25, -0.2) is 9.97 Å². The van der Waals surface area contributed by atoms with Crippen LogP contribution in [0.4, 0.5) is 5.82 Å². The lowest BCUT2D eigenvalue weighted by Crippen LogP contribution is -2.18. The predicted molar refractivity (Wildman–Crippen MR) is 59.5 cm³/mol. The summed E-state index contributed by atoms with van der Waals surface area (Å²) < 4.78 is 0. The first-order valence-corrected chi connectivity index (χ1v) is 5.03. The monoisotopic (exact) mass is 204 g/mol. The first-order chi connectivity index (χ1) is 7.10. The van der Waals surface area contributed by atoms with E-state index >= 15 is 0 Å².